The number of carbonyl (C=O) groups excluding carboxylic acids is 1. The van der Waals surface area contributed by atoms with Crippen molar-refractivity contribution in [2.45, 2.75) is 20.3 Å². The summed E-state index contributed by atoms with van der Waals surface area (Å²) in [6.07, 6.45) is 0.704. The molecule has 20 heavy (non-hydrogen) atoms. The van der Waals surface area contributed by atoms with E-state index in [0.717, 1.165) is 11.3 Å². The van der Waals surface area contributed by atoms with Crippen LogP contribution in [0.4, 0.5) is 5.69 Å². The Morgan fingerprint density at radius 3 is 2.60 bits per heavy atom. The van der Waals surface area contributed by atoms with Crippen molar-refractivity contribution in [3.63, 3.8) is 0 Å². The molecule has 0 spiro atoms. The Kier molecular flexibility index (Phi) is 4.09. The Hall–Kier alpha value is -1.88. The van der Waals surface area contributed by atoms with Gasteiger partial charge >= 0.3 is 0 Å². The number of anilines is 1. The first-order valence-corrected chi connectivity index (χ1v) is 7.36. The molecule has 0 aliphatic heterocycles. The smallest absolute Gasteiger partial charge is 0.272 e. The monoisotopic (exact) mass is 290 g/mol. The zero-order valence-corrected chi connectivity index (χ0v) is 12.9. The number of H-pyrrole nitrogens is 1. The molecule has 0 aliphatic carbocycles. The van der Waals surface area contributed by atoms with Crippen LogP contribution in [-0.2, 0) is 6.42 Å². The van der Waals surface area contributed by atoms with Crippen LogP contribution in [0.1, 0.15) is 33.4 Å². The lowest BCUT2D eigenvalue weighted by molar-refractivity contribution is 0.104. The molecule has 2 aromatic rings. The summed E-state index contributed by atoms with van der Waals surface area (Å²) in [5, 5.41) is 1.87. The van der Waals surface area contributed by atoms with E-state index in [0.29, 0.717) is 22.5 Å². The van der Waals surface area contributed by atoms with Crippen molar-refractivity contribution in [1.82, 2.24) is 4.98 Å². The fourth-order valence-corrected chi connectivity index (χ4v) is 3.06. The number of pyridine rings is 1. The highest BCUT2D eigenvalue weighted by atomic mass is 32.1. The lowest BCUT2D eigenvalue weighted by atomic mass is 9.97. The number of rotatable bonds is 4. The van der Waals surface area contributed by atoms with E-state index in [9.17, 15) is 9.59 Å². The maximum atomic E-state index is 12.7. The highest BCUT2D eigenvalue weighted by Gasteiger charge is 2.23. The maximum absolute atomic E-state index is 12.7. The van der Waals surface area contributed by atoms with Gasteiger partial charge in [-0.2, -0.15) is 0 Å². The van der Waals surface area contributed by atoms with Crippen LogP contribution >= 0.6 is 11.3 Å². The van der Waals surface area contributed by atoms with Gasteiger partial charge in [0.15, 0.2) is 0 Å². The maximum Gasteiger partial charge on any atom is 0.272 e. The normalized spacial score (nSPS) is 10.6. The molecule has 4 nitrogen and oxygen atoms in total. The van der Waals surface area contributed by atoms with Crippen molar-refractivity contribution in [2.24, 2.45) is 0 Å². The molecule has 5 heteroatoms. The van der Waals surface area contributed by atoms with E-state index >= 15 is 0 Å². The van der Waals surface area contributed by atoms with Gasteiger partial charge in [-0.05, 0) is 30.4 Å². The van der Waals surface area contributed by atoms with Crippen LogP contribution in [0, 0.1) is 6.92 Å². The van der Waals surface area contributed by atoms with E-state index in [4.69, 9.17) is 0 Å². The third kappa shape index (κ3) is 2.41. The number of thiophene rings is 1. The third-order valence-electron chi connectivity index (χ3n) is 3.28. The van der Waals surface area contributed by atoms with E-state index in [1.165, 1.54) is 11.3 Å². The molecule has 0 unspecified atom stereocenters. The largest absolute Gasteiger partial charge is 0.373 e. The molecular formula is C15H18N2O2S. The second-order valence-corrected chi connectivity index (χ2v) is 5.78. The highest BCUT2D eigenvalue weighted by molar-refractivity contribution is 7.12. The number of ketones is 1. The lowest BCUT2D eigenvalue weighted by Gasteiger charge is -2.19. The molecule has 2 aromatic heterocycles. The predicted octanol–water partition coefficient (Wildman–Crippen LogP) is 2.60. The van der Waals surface area contributed by atoms with Crippen molar-refractivity contribution < 1.29 is 4.79 Å². The first kappa shape index (κ1) is 14.5. The number of nitrogens with one attached hydrogen (secondary N) is 1. The summed E-state index contributed by atoms with van der Waals surface area (Å²) in [7, 11) is 3.56. The summed E-state index contributed by atoms with van der Waals surface area (Å²) < 4.78 is 0. The van der Waals surface area contributed by atoms with Crippen LogP contribution < -0.4 is 10.5 Å². The van der Waals surface area contributed by atoms with Crippen LogP contribution in [0.3, 0.4) is 0 Å². The summed E-state index contributed by atoms with van der Waals surface area (Å²) in [6, 6.07) is 3.64. The van der Waals surface area contributed by atoms with Gasteiger partial charge in [0.25, 0.3) is 5.56 Å². The van der Waals surface area contributed by atoms with Crippen molar-refractivity contribution in [1.29, 1.82) is 0 Å². The van der Waals surface area contributed by atoms with Crippen LogP contribution in [0.15, 0.2) is 22.3 Å². The van der Waals surface area contributed by atoms with Crippen molar-refractivity contribution in [2.75, 3.05) is 19.0 Å². The van der Waals surface area contributed by atoms with Gasteiger partial charge in [0.2, 0.25) is 5.78 Å². The number of nitrogens with zero attached hydrogens (tertiary/aromatic N) is 1. The minimum atomic E-state index is -0.218. The number of aromatic amines is 1. The molecule has 106 valence electrons. The fraction of sp³-hybridized carbons (Fsp3) is 0.333. The van der Waals surface area contributed by atoms with Crippen molar-refractivity contribution in [3.05, 3.63) is 49.6 Å². The summed E-state index contributed by atoms with van der Waals surface area (Å²) in [6.45, 7) is 3.83. The number of carbonyl (C=O) groups is 1. The average Bonchev–Trinajstić information content (AvgIpc) is 2.90. The third-order valence-corrected chi connectivity index (χ3v) is 4.15. The van der Waals surface area contributed by atoms with E-state index in [1.807, 2.05) is 25.3 Å². The van der Waals surface area contributed by atoms with E-state index in [-0.39, 0.29) is 11.3 Å². The quantitative estimate of drug-likeness (QED) is 0.881. The zero-order valence-electron chi connectivity index (χ0n) is 12.1. The highest BCUT2D eigenvalue weighted by Crippen LogP contribution is 2.26. The van der Waals surface area contributed by atoms with E-state index < -0.39 is 0 Å². The van der Waals surface area contributed by atoms with Gasteiger partial charge in [0.05, 0.1) is 10.4 Å². The average molecular weight is 290 g/mol. The summed E-state index contributed by atoms with van der Waals surface area (Å²) in [5.41, 5.74) is 2.42. The standard InChI is InChI=1S/C15H18N2O2S/c1-5-10-9(2)16-15(19)13(17(3)4)12(10)14(18)11-7-6-8-20-11/h6-8H,5H2,1-4H3,(H,16,19). The number of hydrogen-bond donors (Lipinski definition) is 1. The Morgan fingerprint density at radius 1 is 1.40 bits per heavy atom. The predicted molar refractivity (Wildman–Crippen MR) is 83.3 cm³/mol. The van der Waals surface area contributed by atoms with Gasteiger partial charge in [0, 0.05) is 19.8 Å². The summed E-state index contributed by atoms with van der Waals surface area (Å²) in [4.78, 5) is 30.1. The Bertz CT molecular complexity index is 685. The molecule has 0 radical (unpaired) electrons. The van der Waals surface area contributed by atoms with Gasteiger partial charge in [0.1, 0.15) is 5.69 Å². The van der Waals surface area contributed by atoms with Gasteiger partial charge in [-0.3, -0.25) is 9.59 Å². The first-order chi connectivity index (χ1) is 9.47. The summed E-state index contributed by atoms with van der Waals surface area (Å²) >= 11 is 1.40. The molecular weight excluding hydrogens is 272 g/mol. The van der Waals surface area contributed by atoms with Crippen molar-refractivity contribution >= 4 is 22.8 Å². The fourth-order valence-electron chi connectivity index (χ4n) is 2.39. The summed E-state index contributed by atoms with van der Waals surface area (Å²) in [5.74, 6) is -0.0743. The molecule has 1 N–H and O–H groups in total. The first-order valence-electron chi connectivity index (χ1n) is 6.48. The van der Waals surface area contributed by atoms with Crippen LogP contribution in [0.25, 0.3) is 0 Å². The Balaban J connectivity index is 2.78. The molecule has 0 amide bonds. The molecule has 0 saturated carbocycles. The minimum Gasteiger partial charge on any atom is -0.373 e. The molecule has 0 atom stereocenters. The molecule has 0 aromatic carbocycles. The second kappa shape index (κ2) is 5.63. The Labute approximate surface area is 122 Å². The minimum absolute atomic E-state index is 0.0743. The van der Waals surface area contributed by atoms with Gasteiger partial charge < -0.3 is 9.88 Å². The number of aryl methyl sites for hydroxylation is 1. The zero-order chi connectivity index (χ0) is 14.9. The van der Waals surface area contributed by atoms with E-state index in [1.54, 1.807) is 25.1 Å². The van der Waals surface area contributed by atoms with Crippen LogP contribution in [-0.4, -0.2) is 24.9 Å². The van der Waals surface area contributed by atoms with Gasteiger partial charge in [-0.25, -0.2) is 0 Å². The number of hydrogen-bond acceptors (Lipinski definition) is 4. The molecule has 2 heterocycles. The van der Waals surface area contributed by atoms with Crippen LogP contribution in [0.2, 0.25) is 0 Å². The molecule has 0 aliphatic rings. The number of aromatic nitrogens is 1. The Morgan fingerprint density at radius 2 is 2.10 bits per heavy atom. The van der Waals surface area contributed by atoms with Crippen molar-refractivity contribution in [3.8, 4) is 0 Å². The molecule has 0 saturated heterocycles. The van der Waals surface area contributed by atoms with Crippen LogP contribution in [0.5, 0.6) is 0 Å². The second-order valence-electron chi connectivity index (χ2n) is 4.84. The topological polar surface area (TPSA) is 53.2 Å². The lowest BCUT2D eigenvalue weighted by Crippen LogP contribution is -2.27. The van der Waals surface area contributed by atoms with E-state index in [2.05, 4.69) is 4.98 Å². The van der Waals surface area contributed by atoms with Gasteiger partial charge in [-0.1, -0.05) is 13.0 Å². The van der Waals surface area contributed by atoms with Gasteiger partial charge in [-0.15, -0.1) is 11.3 Å². The SMILES string of the molecule is CCc1c(C)[nH]c(=O)c(N(C)C)c1C(=O)c1cccs1. The molecule has 2 rings (SSSR count). The molecule has 0 fully saturated rings. The molecule has 0 bridgehead atoms.